The highest BCUT2D eigenvalue weighted by Crippen LogP contribution is 2.30. The van der Waals surface area contributed by atoms with Gasteiger partial charge in [0, 0.05) is 11.1 Å². The highest BCUT2D eigenvalue weighted by atomic mass is 16.5. The predicted molar refractivity (Wildman–Crippen MR) is 129 cm³/mol. The first-order valence-corrected chi connectivity index (χ1v) is 10.5. The molecule has 1 amide bonds. The average Bonchev–Trinajstić information content (AvgIpc) is 2.85. The number of hydrogen-bond acceptors (Lipinski definition) is 3. The van der Waals surface area contributed by atoms with Crippen molar-refractivity contribution in [3.8, 4) is 16.9 Å². The van der Waals surface area contributed by atoms with E-state index in [9.17, 15) is 4.79 Å². The molecule has 0 unspecified atom stereocenters. The van der Waals surface area contributed by atoms with Gasteiger partial charge in [0.1, 0.15) is 12.4 Å². The zero-order chi connectivity index (χ0) is 22.2. The van der Waals surface area contributed by atoms with E-state index in [1.165, 1.54) is 0 Å². The molecule has 0 aromatic heterocycles. The number of amides is 1. The van der Waals surface area contributed by atoms with Crippen LogP contribution in [0.5, 0.6) is 5.75 Å². The van der Waals surface area contributed by atoms with Crippen molar-refractivity contribution in [1.29, 1.82) is 0 Å². The monoisotopic (exact) mass is 420 g/mol. The predicted octanol–water partition coefficient (Wildman–Crippen LogP) is 6.00. The van der Waals surface area contributed by atoms with Crippen molar-refractivity contribution in [2.45, 2.75) is 13.5 Å². The van der Waals surface area contributed by atoms with E-state index in [-0.39, 0.29) is 5.91 Å². The number of benzene rings is 4. The fourth-order valence-electron chi connectivity index (χ4n) is 3.32. The molecular weight excluding hydrogens is 396 g/mol. The summed E-state index contributed by atoms with van der Waals surface area (Å²) >= 11 is 0. The molecule has 4 aromatic carbocycles. The summed E-state index contributed by atoms with van der Waals surface area (Å²) in [5.41, 5.74) is 8.33. The maximum absolute atomic E-state index is 12.4. The molecule has 32 heavy (non-hydrogen) atoms. The number of nitrogens with zero attached hydrogens (tertiary/aromatic N) is 1. The fourth-order valence-corrected chi connectivity index (χ4v) is 3.32. The Bertz CT molecular complexity index is 1220. The molecule has 0 aliphatic heterocycles. The van der Waals surface area contributed by atoms with Gasteiger partial charge < -0.3 is 4.74 Å². The highest BCUT2D eigenvalue weighted by molar-refractivity contribution is 5.95. The lowest BCUT2D eigenvalue weighted by molar-refractivity contribution is 0.0955. The zero-order valence-electron chi connectivity index (χ0n) is 17.9. The third-order valence-corrected chi connectivity index (χ3v) is 5.14. The molecule has 0 radical (unpaired) electrons. The molecule has 0 atom stereocenters. The molecule has 0 saturated heterocycles. The minimum Gasteiger partial charge on any atom is -0.488 e. The van der Waals surface area contributed by atoms with Gasteiger partial charge in [0.15, 0.2) is 0 Å². The topological polar surface area (TPSA) is 50.7 Å². The van der Waals surface area contributed by atoms with Crippen molar-refractivity contribution in [2.24, 2.45) is 5.10 Å². The minimum atomic E-state index is -0.253. The Hall–Kier alpha value is -4.18. The first kappa shape index (κ1) is 21.1. The fraction of sp³-hybridized carbons (Fsp3) is 0.0714. The standard InChI is InChI=1S/C28H24N2O2/c1-21-9-5-6-12-25(21)19-29-30-28(31)24-17-15-22(16-18-24)20-32-27-14-8-7-13-26(27)23-10-3-2-4-11-23/h2-19H,20H2,1H3,(H,30,31)/b29-19-. The molecule has 158 valence electrons. The van der Waals surface area contributed by atoms with Crippen LogP contribution in [0.3, 0.4) is 0 Å². The summed E-state index contributed by atoms with van der Waals surface area (Å²) in [5.74, 6) is 0.572. The van der Waals surface area contributed by atoms with Crippen LogP contribution in [-0.2, 0) is 6.61 Å². The van der Waals surface area contributed by atoms with Crippen molar-refractivity contribution in [3.63, 3.8) is 0 Å². The SMILES string of the molecule is Cc1ccccc1/C=N\NC(=O)c1ccc(COc2ccccc2-c2ccccc2)cc1. The van der Waals surface area contributed by atoms with E-state index >= 15 is 0 Å². The van der Waals surface area contributed by atoms with Gasteiger partial charge in [-0.2, -0.15) is 5.10 Å². The molecule has 4 rings (SSSR count). The number of rotatable bonds is 7. The molecule has 0 spiro atoms. The van der Waals surface area contributed by atoms with Gasteiger partial charge in [-0.3, -0.25) is 4.79 Å². The van der Waals surface area contributed by atoms with Crippen LogP contribution in [0.4, 0.5) is 0 Å². The Kier molecular flexibility index (Phi) is 6.73. The number of ether oxygens (including phenoxy) is 1. The summed E-state index contributed by atoms with van der Waals surface area (Å²) in [6.45, 7) is 2.42. The number of aryl methyl sites for hydroxylation is 1. The number of carbonyl (C=O) groups excluding carboxylic acids is 1. The van der Waals surface area contributed by atoms with Crippen molar-refractivity contribution in [2.75, 3.05) is 0 Å². The van der Waals surface area contributed by atoms with E-state index in [2.05, 4.69) is 28.7 Å². The van der Waals surface area contributed by atoms with Crippen LogP contribution in [0.1, 0.15) is 27.0 Å². The molecule has 0 aliphatic rings. The Morgan fingerprint density at radius 1 is 0.844 bits per heavy atom. The third-order valence-electron chi connectivity index (χ3n) is 5.14. The first-order chi connectivity index (χ1) is 15.7. The highest BCUT2D eigenvalue weighted by Gasteiger charge is 2.07. The van der Waals surface area contributed by atoms with Crippen molar-refractivity contribution < 1.29 is 9.53 Å². The second kappa shape index (κ2) is 10.2. The summed E-state index contributed by atoms with van der Waals surface area (Å²) < 4.78 is 6.08. The van der Waals surface area contributed by atoms with Gasteiger partial charge in [-0.05, 0) is 47.4 Å². The quantitative estimate of drug-likeness (QED) is 0.294. The van der Waals surface area contributed by atoms with Gasteiger partial charge in [0.2, 0.25) is 0 Å². The largest absolute Gasteiger partial charge is 0.488 e. The van der Waals surface area contributed by atoms with Crippen LogP contribution in [0.15, 0.2) is 108 Å². The summed E-state index contributed by atoms with van der Waals surface area (Å²) in [4.78, 5) is 12.4. The Morgan fingerprint density at radius 2 is 1.53 bits per heavy atom. The molecule has 0 fully saturated rings. The van der Waals surface area contributed by atoms with Crippen LogP contribution in [-0.4, -0.2) is 12.1 Å². The zero-order valence-corrected chi connectivity index (χ0v) is 17.9. The van der Waals surface area contributed by atoms with Crippen molar-refractivity contribution in [3.05, 3.63) is 125 Å². The van der Waals surface area contributed by atoms with Gasteiger partial charge >= 0.3 is 0 Å². The lowest BCUT2D eigenvalue weighted by atomic mass is 10.0. The van der Waals surface area contributed by atoms with E-state index in [4.69, 9.17) is 4.74 Å². The van der Waals surface area contributed by atoms with Crippen molar-refractivity contribution in [1.82, 2.24) is 5.43 Å². The molecule has 0 saturated carbocycles. The lowest BCUT2D eigenvalue weighted by Gasteiger charge is -2.12. The number of hydrazone groups is 1. The molecule has 0 heterocycles. The maximum atomic E-state index is 12.4. The number of nitrogens with one attached hydrogen (secondary N) is 1. The van der Waals surface area contributed by atoms with Gasteiger partial charge in [0.25, 0.3) is 5.91 Å². The van der Waals surface area contributed by atoms with Crippen LogP contribution >= 0.6 is 0 Å². The second-order valence-electron chi connectivity index (χ2n) is 7.40. The van der Waals surface area contributed by atoms with Crippen LogP contribution in [0.2, 0.25) is 0 Å². The van der Waals surface area contributed by atoms with Gasteiger partial charge in [-0.25, -0.2) is 5.43 Å². The van der Waals surface area contributed by atoms with Crippen LogP contribution < -0.4 is 10.2 Å². The summed E-state index contributed by atoms with van der Waals surface area (Å²) in [6.07, 6.45) is 1.65. The number of hydrogen-bond donors (Lipinski definition) is 1. The Morgan fingerprint density at radius 3 is 2.31 bits per heavy atom. The summed E-state index contributed by atoms with van der Waals surface area (Å²) in [5, 5.41) is 4.07. The minimum absolute atomic E-state index is 0.253. The van der Waals surface area contributed by atoms with Gasteiger partial charge in [-0.1, -0.05) is 84.9 Å². The van der Waals surface area contributed by atoms with Gasteiger partial charge in [0.05, 0.1) is 6.21 Å². The molecule has 0 aliphatic carbocycles. The molecule has 4 aromatic rings. The van der Waals surface area contributed by atoms with E-state index in [1.807, 2.05) is 79.7 Å². The molecular formula is C28H24N2O2. The van der Waals surface area contributed by atoms with Crippen molar-refractivity contribution >= 4 is 12.1 Å². The first-order valence-electron chi connectivity index (χ1n) is 10.5. The average molecular weight is 421 g/mol. The maximum Gasteiger partial charge on any atom is 0.271 e. The van der Waals surface area contributed by atoms with Crippen LogP contribution in [0, 0.1) is 6.92 Å². The second-order valence-corrected chi connectivity index (χ2v) is 7.40. The molecule has 1 N–H and O–H groups in total. The number of carbonyl (C=O) groups is 1. The summed E-state index contributed by atoms with van der Waals surface area (Å²) in [6, 6.07) is 33.4. The van der Waals surface area contributed by atoms with E-state index in [0.29, 0.717) is 12.2 Å². The van der Waals surface area contributed by atoms with Crippen LogP contribution in [0.25, 0.3) is 11.1 Å². The molecule has 4 heteroatoms. The Balaban J connectivity index is 1.37. The van der Waals surface area contributed by atoms with E-state index in [1.54, 1.807) is 18.3 Å². The van der Waals surface area contributed by atoms with E-state index < -0.39 is 0 Å². The molecule has 0 bridgehead atoms. The molecule has 4 nitrogen and oxygen atoms in total. The summed E-state index contributed by atoms with van der Waals surface area (Å²) in [7, 11) is 0. The third kappa shape index (κ3) is 5.29. The normalized spacial score (nSPS) is 10.8. The number of para-hydroxylation sites is 1. The Labute approximate surface area is 188 Å². The lowest BCUT2D eigenvalue weighted by Crippen LogP contribution is -2.17. The van der Waals surface area contributed by atoms with E-state index in [0.717, 1.165) is 33.6 Å². The van der Waals surface area contributed by atoms with Gasteiger partial charge in [-0.15, -0.1) is 0 Å². The smallest absolute Gasteiger partial charge is 0.271 e.